The van der Waals surface area contributed by atoms with Crippen molar-refractivity contribution >= 4 is 34.8 Å². The van der Waals surface area contributed by atoms with Crippen molar-refractivity contribution in [2.24, 2.45) is 5.41 Å². The highest BCUT2D eigenvalue weighted by atomic mass is 35.5. The minimum Gasteiger partial charge on any atom is -0.481 e. The van der Waals surface area contributed by atoms with E-state index in [0.717, 1.165) is 4.88 Å². The summed E-state index contributed by atoms with van der Waals surface area (Å²) in [5.41, 5.74) is -0.962. The van der Waals surface area contributed by atoms with Gasteiger partial charge < -0.3 is 14.7 Å². The van der Waals surface area contributed by atoms with E-state index in [1.54, 1.807) is 4.90 Å². The molecular weight excluding hydrogens is 314 g/mol. The van der Waals surface area contributed by atoms with E-state index in [-0.39, 0.29) is 19.1 Å². The molecule has 0 saturated carbocycles. The Morgan fingerprint density at radius 2 is 2.33 bits per heavy atom. The van der Waals surface area contributed by atoms with Gasteiger partial charge in [0.15, 0.2) is 0 Å². The second kappa shape index (κ2) is 6.77. The SMILES string of the molecule is COC[C@@]1(C(=O)O)CCN(C(=O)CCc2cc(Cl)cs2)C1. The van der Waals surface area contributed by atoms with Gasteiger partial charge >= 0.3 is 5.97 Å². The van der Waals surface area contributed by atoms with Crippen molar-refractivity contribution in [3.8, 4) is 0 Å². The van der Waals surface area contributed by atoms with Crippen LogP contribution in [0.1, 0.15) is 17.7 Å². The van der Waals surface area contributed by atoms with Crippen LogP contribution in [0.4, 0.5) is 0 Å². The van der Waals surface area contributed by atoms with Gasteiger partial charge in [-0.3, -0.25) is 9.59 Å². The van der Waals surface area contributed by atoms with Crippen LogP contribution in [0.5, 0.6) is 0 Å². The highest BCUT2D eigenvalue weighted by molar-refractivity contribution is 7.10. The number of nitrogens with zero attached hydrogens (tertiary/aromatic N) is 1. The Morgan fingerprint density at radius 1 is 1.57 bits per heavy atom. The number of hydrogen-bond acceptors (Lipinski definition) is 4. The molecule has 1 amide bonds. The van der Waals surface area contributed by atoms with Crippen molar-refractivity contribution in [2.45, 2.75) is 19.3 Å². The second-order valence-electron chi connectivity index (χ2n) is 5.32. The van der Waals surface area contributed by atoms with Crippen molar-refractivity contribution in [3.63, 3.8) is 0 Å². The maximum atomic E-state index is 12.2. The maximum absolute atomic E-state index is 12.2. The number of ether oxygens (including phenoxy) is 1. The van der Waals surface area contributed by atoms with Gasteiger partial charge in [-0.2, -0.15) is 0 Å². The van der Waals surface area contributed by atoms with E-state index >= 15 is 0 Å². The molecule has 1 aliphatic heterocycles. The predicted octanol–water partition coefficient (Wildman–Crippen LogP) is 2.28. The highest BCUT2D eigenvalue weighted by Gasteiger charge is 2.46. The smallest absolute Gasteiger partial charge is 0.313 e. The number of aliphatic carboxylic acids is 1. The van der Waals surface area contributed by atoms with Crippen LogP contribution in [-0.4, -0.2) is 48.7 Å². The minimum atomic E-state index is -0.962. The van der Waals surface area contributed by atoms with Crippen molar-refractivity contribution in [3.05, 3.63) is 21.3 Å². The van der Waals surface area contributed by atoms with Gasteiger partial charge in [-0.1, -0.05) is 11.6 Å². The van der Waals surface area contributed by atoms with Gasteiger partial charge in [0.1, 0.15) is 5.41 Å². The first-order valence-electron chi connectivity index (χ1n) is 6.70. The fourth-order valence-electron chi connectivity index (χ4n) is 2.59. The number of rotatable bonds is 6. The van der Waals surface area contributed by atoms with Crippen molar-refractivity contribution < 1.29 is 19.4 Å². The van der Waals surface area contributed by atoms with Crippen LogP contribution < -0.4 is 0 Å². The topological polar surface area (TPSA) is 66.8 Å². The maximum Gasteiger partial charge on any atom is 0.313 e. The molecule has 0 aliphatic carbocycles. The first kappa shape index (κ1) is 16.3. The summed E-state index contributed by atoms with van der Waals surface area (Å²) in [5.74, 6) is -0.913. The molecule has 1 aliphatic rings. The molecule has 1 aromatic rings. The summed E-state index contributed by atoms with van der Waals surface area (Å²) in [4.78, 5) is 26.3. The molecule has 0 bridgehead atoms. The van der Waals surface area contributed by atoms with Crippen molar-refractivity contribution in [1.82, 2.24) is 4.90 Å². The third kappa shape index (κ3) is 3.75. The number of thiophene rings is 1. The molecule has 0 spiro atoms. The molecule has 2 rings (SSSR count). The van der Waals surface area contributed by atoms with E-state index in [0.29, 0.717) is 30.8 Å². The molecule has 7 heteroatoms. The van der Waals surface area contributed by atoms with Gasteiger partial charge in [-0.15, -0.1) is 11.3 Å². The standard InChI is InChI=1S/C14H18ClNO4S/c1-20-9-14(13(18)19)4-5-16(8-14)12(17)3-2-11-6-10(15)7-21-11/h6-7H,2-5,8-9H2,1H3,(H,18,19)/t14-/m1/s1. The summed E-state index contributed by atoms with van der Waals surface area (Å²) < 4.78 is 5.02. The zero-order valence-corrected chi connectivity index (χ0v) is 13.4. The van der Waals surface area contributed by atoms with E-state index in [9.17, 15) is 14.7 Å². The van der Waals surface area contributed by atoms with Crippen LogP contribution in [0.25, 0.3) is 0 Å². The van der Waals surface area contributed by atoms with Crippen LogP contribution in [0.2, 0.25) is 5.02 Å². The fraction of sp³-hybridized carbons (Fsp3) is 0.571. The third-order valence-corrected chi connectivity index (χ3v) is 5.13. The molecule has 0 unspecified atom stereocenters. The zero-order chi connectivity index (χ0) is 15.5. The number of methoxy groups -OCH3 is 1. The Morgan fingerprint density at radius 3 is 2.90 bits per heavy atom. The first-order chi connectivity index (χ1) is 9.97. The number of amides is 1. The van der Waals surface area contributed by atoms with E-state index in [1.807, 2.05) is 11.4 Å². The first-order valence-corrected chi connectivity index (χ1v) is 7.96. The summed E-state index contributed by atoms with van der Waals surface area (Å²) in [5, 5.41) is 11.9. The molecule has 0 aromatic carbocycles. The molecule has 0 radical (unpaired) electrons. The predicted molar refractivity (Wildman–Crippen MR) is 80.8 cm³/mol. The number of carboxylic acids is 1. The fourth-order valence-corrected chi connectivity index (χ4v) is 3.67. The zero-order valence-electron chi connectivity index (χ0n) is 11.8. The summed E-state index contributed by atoms with van der Waals surface area (Å²) in [6.07, 6.45) is 1.45. The Labute approximate surface area is 132 Å². The number of likely N-dealkylation sites (tertiary alicyclic amines) is 1. The summed E-state index contributed by atoms with van der Waals surface area (Å²) in [6, 6.07) is 1.86. The quantitative estimate of drug-likeness (QED) is 0.868. The van der Waals surface area contributed by atoms with Gasteiger partial charge in [-0.25, -0.2) is 0 Å². The van der Waals surface area contributed by atoms with E-state index < -0.39 is 11.4 Å². The number of halogens is 1. The molecule has 21 heavy (non-hydrogen) atoms. The van der Waals surface area contributed by atoms with E-state index in [2.05, 4.69) is 0 Å². The lowest BCUT2D eigenvalue weighted by molar-refractivity contribution is -0.151. The second-order valence-corrected chi connectivity index (χ2v) is 6.75. The Kier molecular flexibility index (Phi) is 5.24. The molecule has 1 fully saturated rings. The van der Waals surface area contributed by atoms with Crippen LogP contribution in [0.3, 0.4) is 0 Å². The minimum absolute atomic E-state index is 0.0150. The number of carbonyl (C=O) groups excluding carboxylic acids is 1. The van der Waals surface area contributed by atoms with Crippen LogP contribution in [-0.2, 0) is 20.7 Å². The number of carboxylic acid groups (broad SMARTS) is 1. The largest absolute Gasteiger partial charge is 0.481 e. The van der Waals surface area contributed by atoms with Crippen LogP contribution in [0.15, 0.2) is 11.4 Å². The summed E-state index contributed by atoms with van der Waals surface area (Å²) >= 11 is 7.38. The van der Waals surface area contributed by atoms with Gasteiger partial charge in [0, 0.05) is 36.9 Å². The van der Waals surface area contributed by atoms with Gasteiger partial charge in [-0.05, 0) is 18.9 Å². The number of hydrogen-bond donors (Lipinski definition) is 1. The molecule has 1 aromatic heterocycles. The summed E-state index contributed by atoms with van der Waals surface area (Å²) in [6.45, 7) is 0.826. The molecular formula is C14H18ClNO4S. The van der Waals surface area contributed by atoms with Gasteiger partial charge in [0.25, 0.3) is 0 Å². The van der Waals surface area contributed by atoms with Gasteiger partial charge in [0.05, 0.1) is 11.6 Å². The molecule has 2 heterocycles. The lowest BCUT2D eigenvalue weighted by Crippen LogP contribution is -2.40. The lowest BCUT2D eigenvalue weighted by atomic mass is 9.88. The third-order valence-electron chi connectivity index (χ3n) is 3.79. The van der Waals surface area contributed by atoms with Crippen molar-refractivity contribution in [1.29, 1.82) is 0 Å². The van der Waals surface area contributed by atoms with Crippen molar-refractivity contribution in [2.75, 3.05) is 26.8 Å². The van der Waals surface area contributed by atoms with Crippen LogP contribution in [0, 0.1) is 5.41 Å². The normalized spacial score (nSPS) is 21.7. The monoisotopic (exact) mass is 331 g/mol. The average Bonchev–Trinajstić information content (AvgIpc) is 3.04. The Bertz CT molecular complexity index is 533. The lowest BCUT2D eigenvalue weighted by Gasteiger charge is -2.23. The molecule has 5 nitrogen and oxygen atoms in total. The molecule has 1 atom stereocenters. The average molecular weight is 332 g/mol. The molecule has 116 valence electrons. The number of aryl methyl sites for hydroxylation is 1. The summed E-state index contributed by atoms with van der Waals surface area (Å²) in [7, 11) is 1.48. The Hall–Kier alpha value is -1.11. The van der Waals surface area contributed by atoms with E-state index in [1.165, 1.54) is 18.4 Å². The molecule has 1 N–H and O–H groups in total. The van der Waals surface area contributed by atoms with Gasteiger partial charge in [0.2, 0.25) is 5.91 Å². The number of carbonyl (C=O) groups is 2. The van der Waals surface area contributed by atoms with Crippen LogP contribution >= 0.6 is 22.9 Å². The Balaban J connectivity index is 1.91. The highest BCUT2D eigenvalue weighted by Crippen LogP contribution is 2.32. The molecule has 1 saturated heterocycles. The van der Waals surface area contributed by atoms with E-state index in [4.69, 9.17) is 16.3 Å².